The number of carbonyl (C=O) groups excluding carboxylic acids is 3. The molecule has 34 heavy (non-hydrogen) atoms. The molecule has 0 saturated carbocycles. The predicted molar refractivity (Wildman–Crippen MR) is 130 cm³/mol. The van der Waals surface area contributed by atoms with E-state index in [-0.39, 0.29) is 17.9 Å². The zero-order valence-corrected chi connectivity index (χ0v) is 19.0. The van der Waals surface area contributed by atoms with Crippen LogP contribution in [0.2, 0.25) is 0 Å². The third kappa shape index (κ3) is 5.83. The number of hydrazine groups is 1. The lowest BCUT2D eigenvalue weighted by Crippen LogP contribution is -2.51. The lowest BCUT2D eigenvalue weighted by molar-refractivity contribution is -0.134. The van der Waals surface area contributed by atoms with Crippen molar-refractivity contribution < 1.29 is 19.1 Å². The molecule has 3 N–H and O–H groups in total. The second kappa shape index (κ2) is 10.7. The topological polar surface area (TPSA) is 99.8 Å². The average Bonchev–Trinajstić information content (AvgIpc) is 2.87. The fourth-order valence-corrected chi connectivity index (χ4v) is 3.89. The van der Waals surface area contributed by atoms with E-state index in [0.717, 1.165) is 16.5 Å². The normalized spacial score (nSPS) is 14.8. The van der Waals surface area contributed by atoms with Crippen LogP contribution in [0, 0.1) is 5.92 Å². The smallest absolute Gasteiger partial charge is 0.321 e. The average molecular weight is 461 g/mol. The lowest BCUT2D eigenvalue weighted by atomic mass is 9.96. The molecule has 0 radical (unpaired) electrons. The van der Waals surface area contributed by atoms with E-state index in [9.17, 15) is 14.4 Å². The number of urea groups is 1. The number of nitrogens with one attached hydrogen (secondary N) is 3. The Labute approximate surface area is 198 Å². The fourth-order valence-electron chi connectivity index (χ4n) is 3.89. The standard InChI is InChI=1S/C26H28N4O4/c1-18(34-23-12-11-19-7-5-6-8-21(19)17-23)24(31)28-29-25(32)20-13-15-30(16-14-20)26(33)27-22-9-3-2-4-10-22/h2-12,17-18,20H,13-16H2,1H3,(H,27,33)(H,28,31)(H,29,32)/t18-/m1/s1. The number of nitrogens with zero attached hydrogens (tertiary/aromatic N) is 1. The molecule has 0 spiro atoms. The summed E-state index contributed by atoms with van der Waals surface area (Å²) < 4.78 is 5.74. The molecule has 1 saturated heterocycles. The highest BCUT2D eigenvalue weighted by Crippen LogP contribution is 2.22. The maximum atomic E-state index is 12.5. The van der Waals surface area contributed by atoms with Gasteiger partial charge in [0.05, 0.1) is 0 Å². The molecule has 3 aromatic carbocycles. The van der Waals surface area contributed by atoms with Gasteiger partial charge in [0.15, 0.2) is 6.10 Å². The zero-order valence-electron chi connectivity index (χ0n) is 19.0. The van der Waals surface area contributed by atoms with Gasteiger partial charge in [-0.15, -0.1) is 0 Å². The molecular weight excluding hydrogens is 432 g/mol. The monoisotopic (exact) mass is 460 g/mol. The Morgan fingerprint density at radius 2 is 1.56 bits per heavy atom. The molecule has 1 aliphatic rings. The van der Waals surface area contributed by atoms with Gasteiger partial charge < -0.3 is 15.0 Å². The van der Waals surface area contributed by atoms with Gasteiger partial charge in [0, 0.05) is 24.7 Å². The van der Waals surface area contributed by atoms with Crippen molar-refractivity contribution in [2.45, 2.75) is 25.9 Å². The zero-order chi connectivity index (χ0) is 23.9. The number of piperidine rings is 1. The summed E-state index contributed by atoms with van der Waals surface area (Å²) >= 11 is 0. The Bertz CT molecular complexity index is 1160. The summed E-state index contributed by atoms with van der Waals surface area (Å²) in [5.41, 5.74) is 5.67. The summed E-state index contributed by atoms with van der Waals surface area (Å²) in [6.45, 7) is 2.55. The Morgan fingerprint density at radius 1 is 0.882 bits per heavy atom. The molecule has 4 rings (SSSR count). The molecule has 4 amide bonds. The Kier molecular flexibility index (Phi) is 7.27. The number of anilines is 1. The minimum absolute atomic E-state index is 0.182. The third-order valence-electron chi connectivity index (χ3n) is 5.89. The molecule has 1 fully saturated rings. The van der Waals surface area contributed by atoms with Crippen LogP contribution >= 0.6 is 0 Å². The van der Waals surface area contributed by atoms with Crippen molar-refractivity contribution in [2.75, 3.05) is 18.4 Å². The van der Waals surface area contributed by atoms with E-state index < -0.39 is 12.0 Å². The van der Waals surface area contributed by atoms with Crippen LogP contribution in [-0.4, -0.2) is 41.9 Å². The van der Waals surface area contributed by atoms with E-state index in [1.807, 2.05) is 72.8 Å². The van der Waals surface area contributed by atoms with E-state index in [2.05, 4.69) is 16.2 Å². The highest BCUT2D eigenvalue weighted by molar-refractivity contribution is 5.90. The van der Waals surface area contributed by atoms with Crippen LogP contribution in [0.25, 0.3) is 10.8 Å². The summed E-state index contributed by atoms with van der Waals surface area (Å²) in [7, 11) is 0. The number of para-hydroxylation sites is 1. The Morgan fingerprint density at radius 3 is 2.29 bits per heavy atom. The minimum atomic E-state index is -0.787. The first-order chi connectivity index (χ1) is 16.5. The second-order valence-electron chi connectivity index (χ2n) is 8.31. The SMILES string of the molecule is C[C@@H](Oc1ccc2ccccc2c1)C(=O)NNC(=O)C1CCN(C(=O)Nc2ccccc2)CC1. The number of benzene rings is 3. The Balaban J connectivity index is 1.20. The molecular formula is C26H28N4O4. The van der Waals surface area contributed by atoms with Gasteiger partial charge in [-0.25, -0.2) is 4.79 Å². The van der Waals surface area contributed by atoms with E-state index in [1.54, 1.807) is 11.8 Å². The van der Waals surface area contributed by atoms with Crippen molar-refractivity contribution in [3.63, 3.8) is 0 Å². The molecule has 0 aliphatic carbocycles. The number of ether oxygens (including phenoxy) is 1. The molecule has 8 heteroatoms. The van der Waals surface area contributed by atoms with Crippen LogP contribution in [0.4, 0.5) is 10.5 Å². The number of amides is 4. The summed E-state index contributed by atoms with van der Waals surface area (Å²) in [6.07, 6.45) is 0.255. The molecule has 1 aliphatic heterocycles. The van der Waals surface area contributed by atoms with Gasteiger partial charge in [-0.2, -0.15) is 0 Å². The second-order valence-corrected chi connectivity index (χ2v) is 8.31. The molecule has 176 valence electrons. The first kappa shape index (κ1) is 23.1. The highest BCUT2D eigenvalue weighted by atomic mass is 16.5. The maximum absolute atomic E-state index is 12.5. The molecule has 1 atom stereocenters. The third-order valence-corrected chi connectivity index (χ3v) is 5.89. The number of hydrogen-bond acceptors (Lipinski definition) is 4. The van der Waals surface area contributed by atoms with Crippen LogP contribution in [-0.2, 0) is 9.59 Å². The van der Waals surface area contributed by atoms with Crippen molar-refractivity contribution in [3.8, 4) is 5.75 Å². The van der Waals surface area contributed by atoms with E-state index >= 15 is 0 Å². The van der Waals surface area contributed by atoms with Crippen molar-refractivity contribution in [1.29, 1.82) is 0 Å². The van der Waals surface area contributed by atoms with Gasteiger partial charge in [0.2, 0.25) is 5.91 Å². The fraction of sp³-hybridized carbons (Fsp3) is 0.269. The number of likely N-dealkylation sites (tertiary alicyclic amines) is 1. The molecule has 0 unspecified atom stereocenters. The van der Waals surface area contributed by atoms with Crippen molar-refractivity contribution in [2.24, 2.45) is 5.92 Å². The molecule has 3 aromatic rings. The van der Waals surface area contributed by atoms with Gasteiger partial charge in [-0.1, -0.05) is 48.5 Å². The molecule has 0 bridgehead atoms. The largest absolute Gasteiger partial charge is 0.481 e. The van der Waals surface area contributed by atoms with Gasteiger partial charge in [0.25, 0.3) is 5.91 Å². The molecule has 1 heterocycles. The molecule has 0 aromatic heterocycles. The van der Waals surface area contributed by atoms with Crippen molar-refractivity contribution in [3.05, 3.63) is 72.8 Å². The maximum Gasteiger partial charge on any atom is 0.321 e. The number of fused-ring (bicyclic) bond motifs is 1. The van der Waals surface area contributed by atoms with Crippen LogP contribution in [0.1, 0.15) is 19.8 Å². The van der Waals surface area contributed by atoms with E-state index in [0.29, 0.717) is 31.7 Å². The van der Waals surface area contributed by atoms with Crippen LogP contribution in [0.3, 0.4) is 0 Å². The van der Waals surface area contributed by atoms with Crippen LogP contribution in [0.5, 0.6) is 5.75 Å². The van der Waals surface area contributed by atoms with Crippen molar-refractivity contribution >= 4 is 34.3 Å². The summed E-state index contributed by atoms with van der Waals surface area (Å²) in [5.74, 6) is -0.415. The van der Waals surface area contributed by atoms with Gasteiger partial charge in [-0.05, 0) is 54.8 Å². The van der Waals surface area contributed by atoms with Crippen molar-refractivity contribution in [1.82, 2.24) is 15.8 Å². The summed E-state index contributed by atoms with van der Waals surface area (Å²) in [4.78, 5) is 39.0. The Hall–Kier alpha value is -4.07. The number of hydrogen-bond donors (Lipinski definition) is 3. The lowest BCUT2D eigenvalue weighted by Gasteiger charge is -2.31. The van der Waals surface area contributed by atoms with Gasteiger partial charge in [-0.3, -0.25) is 20.4 Å². The summed E-state index contributed by atoms with van der Waals surface area (Å²) in [5, 5.41) is 4.96. The van der Waals surface area contributed by atoms with Gasteiger partial charge >= 0.3 is 6.03 Å². The van der Waals surface area contributed by atoms with Crippen LogP contribution in [0.15, 0.2) is 72.8 Å². The van der Waals surface area contributed by atoms with E-state index in [4.69, 9.17) is 4.74 Å². The molecule has 8 nitrogen and oxygen atoms in total. The number of carbonyl (C=O) groups is 3. The minimum Gasteiger partial charge on any atom is -0.481 e. The van der Waals surface area contributed by atoms with E-state index in [1.165, 1.54) is 0 Å². The van der Waals surface area contributed by atoms with Gasteiger partial charge in [0.1, 0.15) is 5.75 Å². The number of rotatable bonds is 5. The predicted octanol–water partition coefficient (Wildman–Crippen LogP) is 3.70. The summed E-state index contributed by atoms with van der Waals surface area (Å²) in [6, 6.07) is 22.6. The van der Waals surface area contributed by atoms with Crippen LogP contribution < -0.4 is 20.9 Å². The first-order valence-corrected chi connectivity index (χ1v) is 11.4. The quantitative estimate of drug-likeness (QED) is 0.506. The highest BCUT2D eigenvalue weighted by Gasteiger charge is 2.28. The first-order valence-electron chi connectivity index (χ1n) is 11.4.